The van der Waals surface area contributed by atoms with Crippen LogP contribution in [0.1, 0.15) is 38.9 Å². The molecule has 1 aliphatic rings. The first-order valence-corrected chi connectivity index (χ1v) is 10.8. The number of hydrogen-bond donors (Lipinski definition) is 1. The molecule has 1 heterocycles. The van der Waals surface area contributed by atoms with Gasteiger partial charge >= 0.3 is 0 Å². The fraction of sp³-hybridized carbons (Fsp3) is 0.214. The van der Waals surface area contributed by atoms with Gasteiger partial charge in [0.1, 0.15) is 5.70 Å². The zero-order chi connectivity index (χ0) is 23.2. The first-order valence-electron chi connectivity index (χ1n) is 10.8. The summed E-state index contributed by atoms with van der Waals surface area (Å²) >= 11 is 0. The van der Waals surface area contributed by atoms with Crippen molar-refractivity contribution in [1.29, 1.82) is 0 Å². The van der Waals surface area contributed by atoms with Crippen LogP contribution in [0.3, 0.4) is 0 Å². The number of imide groups is 1. The molecule has 0 aliphatic carbocycles. The summed E-state index contributed by atoms with van der Waals surface area (Å²) in [5, 5.41) is 3.28. The molecular formula is C28H28N2O2. The van der Waals surface area contributed by atoms with E-state index in [9.17, 15) is 9.59 Å². The summed E-state index contributed by atoms with van der Waals surface area (Å²) < 4.78 is 0. The molecule has 0 fully saturated rings. The highest BCUT2D eigenvalue weighted by Crippen LogP contribution is 2.36. The van der Waals surface area contributed by atoms with Gasteiger partial charge in [-0.15, -0.1) is 0 Å². The zero-order valence-electron chi connectivity index (χ0n) is 19.5. The molecule has 0 aromatic heterocycles. The van der Waals surface area contributed by atoms with Crippen LogP contribution in [-0.4, -0.2) is 11.8 Å². The highest BCUT2D eigenvalue weighted by molar-refractivity contribution is 6.46. The minimum Gasteiger partial charge on any atom is -0.350 e. The molecule has 4 heteroatoms. The lowest BCUT2D eigenvalue weighted by atomic mass is 9.97. The quantitative estimate of drug-likeness (QED) is 0.528. The van der Waals surface area contributed by atoms with Crippen molar-refractivity contribution < 1.29 is 9.59 Å². The van der Waals surface area contributed by atoms with Crippen molar-refractivity contribution in [1.82, 2.24) is 0 Å². The lowest BCUT2D eigenvalue weighted by Crippen LogP contribution is -2.33. The van der Waals surface area contributed by atoms with Crippen LogP contribution in [-0.2, 0) is 9.59 Å². The molecule has 2 amide bonds. The molecular weight excluding hydrogens is 396 g/mol. The number of carbonyl (C=O) groups is 2. The van der Waals surface area contributed by atoms with Gasteiger partial charge in [0.15, 0.2) is 0 Å². The number of aryl methyl sites for hydroxylation is 6. The smallest absolute Gasteiger partial charge is 0.282 e. The minimum atomic E-state index is -0.338. The molecule has 4 nitrogen and oxygen atoms in total. The second-order valence-electron chi connectivity index (χ2n) is 8.73. The van der Waals surface area contributed by atoms with Gasteiger partial charge in [0.05, 0.1) is 11.3 Å². The fourth-order valence-electron chi connectivity index (χ4n) is 4.23. The van der Waals surface area contributed by atoms with Crippen molar-refractivity contribution in [2.24, 2.45) is 0 Å². The molecule has 162 valence electrons. The van der Waals surface area contributed by atoms with E-state index in [0.29, 0.717) is 17.0 Å². The number of amides is 2. The number of nitrogens with one attached hydrogen (secondary N) is 1. The molecule has 1 aliphatic heterocycles. The monoisotopic (exact) mass is 424 g/mol. The molecule has 0 bridgehead atoms. The van der Waals surface area contributed by atoms with Crippen LogP contribution in [0.2, 0.25) is 0 Å². The summed E-state index contributed by atoms with van der Waals surface area (Å²) in [5.74, 6) is -0.643. The molecule has 4 rings (SSSR count). The van der Waals surface area contributed by atoms with Crippen LogP contribution in [0.5, 0.6) is 0 Å². The van der Waals surface area contributed by atoms with Crippen molar-refractivity contribution in [3.05, 3.63) is 99.2 Å². The predicted octanol–water partition coefficient (Wildman–Crippen LogP) is 5.93. The van der Waals surface area contributed by atoms with Crippen molar-refractivity contribution in [2.75, 3.05) is 10.2 Å². The lowest BCUT2D eigenvalue weighted by Gasteiger charge is -2.18. The van der Waals surface area contributed by atoms with Crippen LogP contribution in [0, 0.1) is 41.5 Å². The minimum absolute atomic E-state index is 0.305. The standard InChI is InChI=1S/C28H28N2O2/c1-16-7-11-23(20(5)13-16)25-26(29-22-10-9-18(3)19(4)15-22)28(32)30(27(25)31)24-12-8-17(2)14-21(24)6/h7-15,29H,1-6H3. The molecule has 3 aromatic rings. The summed E-state index contributed by atoms with van der Waals surface area (Å²) in [5.41, 5.74) is 9.22. The van der Waals surface area contributed by atoms with Crippen LogP contribution < -0.4 is 10.2 Å². The van der Waals surface area contributed by atoms with Crippen LogP contribution >= 0.6 is 0 Å². The third kappa shape index (κ3) is 3.73. The molecule has 1 N–H and O–H groups in total. The van der Waals surface area contributed by atoms with E-state index in [1.54, 1.807) is 0 Å². The molecule has 3 aromatic carbocycles. The predicted molar refractivity (Wildman–Crippen MR) is 131 cm³/mol. The van der Waals surface area contributed by atoms with Gasteiger partial charge < -0.3 is 5.32 Å². The number of anilines is 2. The average Bonchev–Trinajstić information content (AvgIpc) is 2.95. The maximum Gasteiger partial charge on any atom is 0.282 e. The molecule has 0 spiro atoms. The molecule has 32 heavy (non-hydrogen) atoms. The normalized spacial score (nSPS) is 13.9. The van der Waals surface area contributed by atoms with E-state index in [4.69, 9.17) is 0 Å². The third-order valence-electron chi connectivity index (χ3n) is 6.10. The topological polar surface area (TPSA) is 49.4 Å². The Bertz CT molecular complexity index is 1300. The maximum absolute atomic E-state index is 13.7. The lowest BCUT2D eigenvalue weighted by molar-refractivity contribution is -0.120. The average molecular weight is 425 g/mol. The Morgan fingerprint density at radius 3 is 1.91 bits per heavy atom. The summed E-state index contributed by atoms with van der Waals surface area (Å²) in [7, 11) is 0. The molecule has 0 saturated heterocycles. The molecule has 0 radical (unpaired) electrons. The number of benzene rings is 3. The molecule has 0 saturated carbocycles. The van der Waals surface area contributed by atoms with Crippen LogP contribution in [0.25, 0.3) is 5.57 Å². The van der Waals surface area contributed by atoms with E-state index < -0.39 is 0 Å². The highest BCUT2D eigenvalue weighted by Gasteiger charge is 2.41. The first-order chi connectivity index (χ1) is 15.2. The Morgan fingerprint density at radius 1 is 0.625 bits per heavy atom. The number of hydrogen-bond acceptors (Lipinski definition) is 3. The van der Waals surface area contributed by atoms with Crippen LogP contribution in [0.4, 0.5) is 11.4 Å². The number of nitrogens with zero attached hydrogens (tertiary/aromatic N) is 1. The zero-order valence-corrected chi connectivity index (χ0v) is 19.5. The van der Waals surface area contributed by atoms with E-state index >= 15 is 0 Å². The Labute approximate surface area is 189 Å². The molecule has 0 unspecified atom stereocenters. The SMILES string of the molecule is Cc1ccc(C2=C(Nc3ccc(C)c(C)c3)C(=O)N(c3ccc(C)cc3C)C2=O)c(C)c1. The van der Waals surface area contributed by atoms with Gasteiger partial charge in [0, 0.05) is 5.69 Å². The first kappa shape index (κ1) is 21.6. The summed E-state index contributed by atoms with van der Waals surface area (Å²) in [4.78, 5) is 28.7. The van der Waals surface area contributed by atoms with Gasteiger partial charge in [-0.1, -0.05) is 47.5 Å². The number of carbonyl (C=O) groups excluding carboxylic acids is 2. The van der Waals surface area contributed by atoms with E-state index in [1.165, 1.54) is 10.5 Å². The Morgan fingerprint density at radius 2 is 1.28 bits per heavy atom. The van der Waals surface area contributed by atoms with Gasteiger partial charge in [0.25, 0.3) is 11.8 Å². The van der Waals surface area contributed by atoms with E-state index in [0.717, 1.165) is 39.1 Å². The van der Waals surface area contributed by atoms with E-state index in [1.807, 2.05) is 96.1 Å². The number of rotatable bonds is 4. The van der Waals surface area contributed by atoms with Crippen molar-refractivity contribution in [3.8, 4) is 0 Å². The highest BCUT2D eigenvalue weighted by atomic mass is 16.2. The maximum atomic E-state index is 13.7. The largest absolute Gasteiger partial charge is 0.350 e. The van der Waals surface area contributed by atoms with Gasteiger partial charge in [-0.3, -0.25) is 9.59 Å². The van der Waals surface area contributed by atoms with Gasteiger partial charge in [0.2, 0.25) is 0 Å². The Kier molecular flexibility index (Phi) is 5.47. The van der Waals surface area contributed by atoms with Gasteiger partial charge in [-0.25, -0.2) is 4.90 Å². The van der Waals surface area contributed by atoms with Gasteiger partial charge in [-0.2, -0.15) is 0 Å². The van der Waals surface area contributed by atoms with E-state index in [-0.39, 0.29) is 11.8 Å². The summed E-state index contributed by atoms with van der Waals surface area (Å²) in [6.45, 7) is 12.0. The third-order valence-corrected chi connectivity index (χ3v) is 6.10. The Balaban J connectivity index is 1.88. The summed E-state index contributed by atoms with van der Waals surface area (Å²) in [6.07, 6.45) is 0. The van der Waals surface area contributed by atoms with Crippen molar-refractivity contribution in [3.63, 3.8) is 0 Å². The molecule has 0 atom stereocenters. The van der Waals surface area contributed by atoms with Crippen LogP contribution in [0.15, 0.2) is 60.3 Å². The van der Waals surface area contributed by atoms with Crippen molar-refractivity contribution in [2.45, 2.75) is 41.5 Å². The Hall–Kier alpha value is -3.66. The second kappa shape index (κ2) is 8.12. The fourth-order valence-corrected chi connectivity index (χ4v) is 4.23. The van der Waals surface area contributed by atoms with Crippen molar-refractivity contribution >= 4 is 28.8 Å². The van der Waals surface area contributed by atoms with E-state index in [2.05, 4.69) is 5.32 Å². The second-order valence-corrected chi connectivity index (χ2v) is 8.73. The summed E-state index contributed by atoms with van der Waals surface area (Å²) in [6, 6.07) is 17.6. The van der Waals surface area contributed by atoms with Gasteiger partial charge in [-0.05, 0) is 87.6 Å².